The zero-order valence-corrected chi connectivity index (χ0v) is 13.9. The molecule has 0 bridgehead atoms. The maximum atomic E-state index is 10.7. The predicted octanol–water partition coefficient (Wildman–Crippen LogP) is 2.14. The fraction of sp³-hybridized carbons (Fsp3) is 0.278. The number of rotatable bonds is 4. The number of carbonyl (C=O) groups excluding carboxylic acids is 1. The van der Waals surface area contributed by atoms with Crippen LogP contribution in [0.1, 0.15) is 12.5 Å². The molecule has 2 heterocycles. The van der Waals surface area contributed by atoms with Crippen molar-refractivity contribution in [3.63, 3.8) is 0 Å². The van der Waals surface area contributed by atoms with Crippen LogP contribution in [0.15, 0.2) is 42.6 Å². The second kappa shape index (κ2) is 7.53. The van der Waals surface area contributed by atoms with Crippen molar-refractivity contribution in [3.8, 4) is 11.8 Å². The third-order valence-electron chi connectivity index (χ3n) is 3.94. The molecule has 128 valence electrons. The number of pyridine rings is 1. The van der Waals surface area contributed by atoms with Crippen LogP contribution in [0.3, 0.4) is 0 Å². The number of anilines is 2. The molecule has 25 heavy (non-hydrogen) atoms. The van der Waals surface area contributed by atoms with E-state index in [4.69, 9.17) is 10.1 Å². The Labute approximate surface area is 145 Å². The summed E-state index contributed by atoms with van der Waals surface area (Å²) in [6, 6.07) is 13.2. The first kappa shape index (κ1) is 16.6. The molecule has 0 unspecified atom stereocenters. The maximum absolute atomic E-state index is 10.7. The molecule has 0 amide bonds. The molecule has 0 radical (unpaired) electrons. The van der Waals surface area contributed by atoms with Crippen LogP contribution in [0.25, 0.3) is 0 Å². The van der Waals surface area contributed by atoms with Crippen molar-refractivity contribution in [2.24, 2.45) is 0 Å². The van der Waals surface area contributed by atoms with Crippen molar-refractivity contribution in [1.82, 2.24) is 4.98 Å². The summed E-state index contributed by atoms with van der Waals surface area (Å²) in [6.45, 7) is 4.73. The summed E-state index contributed by atoms with van der Waals surface area (Å²) in [5.41, 5.74) is 1.65. The lowest BCUT2D eigenvalue weighted by Crippen LogP contribution is -2.46. The van der Waals surface area contributed by atoms with Crippen molar-refractivity contribution in [2.75, 3.05) is 36.0 Å². The van der Waals surface area contributed by atoms with E-state index in [1.165, 1.54) is 6.92 Å². The number of nitrogens with zero attached hydrogens (tertiary/aromatic N) is 4. The molecule has 1 aromatic heterocycles. The van der Waals surface area contributed by atoms with Crippen LogP contribution >= 0.6 is 0 Å². The lowest BCUT2D eigenvalue weighted by atomic mass is 10.2. The smallest absolute Gasteiger partial charge is 0.352 e. The van der Waals surface area contributed by atoms with Gasteiger partial charge in [-0.3, -0.25) is 9.78 Å². The Morgan fingerprint density at radius 2 is 1.76 bits per heavy atom. The number of hydrogen-bond acceptors (Lipinski definition) is 7. The first-order valence-corrected chi connectivity index (χ1v) is 7.97. The van der Waals surface area contributed by atoms with Crippen molar-refractivity contribution in [2.45, 2.75) is 6.92 Å². The van der Waals surface area contributed by atoms with Crippen molar-refractivity contribution in [3.05, 3.63) is 48.2 Å². The van der Waals surface area contributed by atoms with E-state index >= 15 is 0 Å². The second-order valence-corrected chi connectivity index (χ2v) is 5.64. The van der Waals surface area contributed by atoms with E-state index in [0.29, 0.717) is 11.3 Å². The predicted molar refractivity (Wildman–Crippen MR) is 92.2 cm³/mol. The number of hydrogen-bond donors (Lipinski definition) is 0. The Morgan fingerprint density at radius 1 is 1.08 bits per heavy atom. The summed E-state index contributed by atoms with van der Waals surface area (Å²) in [6.07, 6.45) is 1.60. The van der Waals surface area contributed by atoms with Gasteiger partial charge in [0, 0.05) is 45.0 Å². The molecule has 0 spiro atoms. The van der Waals surface area contributed by atoms with E-state index in [2.05, 4.69) is 25.7 Å². The molecule has 0 N–H and O–H groups in total. The summed E-state index contributed by atoms with van der Waals surface area (Å²) in [5.74, 6) is 0.889. The van der Waals surface area contributed by atoms with Gasteiger partial charge in [-0.25, -0.2) is 9.78 Å². The zero-order chi connectivity index (χ0) is 17.6. The van der Waals surface area contributed by atoms with Gasteiger partial charge >= 0.3 is 5.97 Å². The molecule has 1 aliphatic rings. The number of piperazine rings is 1. The summed E-state index contributed by atoms with van der Waals surface area (Å²) in [7, 11) is 0. The molecule has 1 aliphatic heterocycles. The molecule has 1 aromatic carbocycles. The van der Waals surface area contributed by atoms with Gasteiger partial charge in [0.15, 0.2) is 5.75 Å². The lowest BCUT2D eigenvalue weighted by Gasteiger charge is -2.36. The van der Waals surface area contributed by atoms with Crippen molar-refractivity contribution >= 4 is 17.5 Å². The van der Waals surface area contributed by atoms with Gasteiger partial charge in [0.25, 0.3) is 0 Å². The Hall–Kier alpha value is -3.27. The minimum Gasteiger partial charge on any atom is -0.368 e. The van der Waals surface area contributed by atoms with Crippen LogP contribution in [0.5, 0.6) is 5.75 Å². The van der Waals surface area contributed by atoms with Gasteiger partial charge < -0.3 is 9.80 Å². The molecule has 0 saturated carbocycles. The fourth-order valence-corrected chi connectivity index (χ4v) is 2.65. The lowest BCUT2D eigenvalue weighted by molar-refractivity contribution is -0.210. The Balaban J connectivity index is 1.56. The summed E-state index contributed by atoms with van der Waals surface area (Å²) < 4.78 is 0. The minimum absolute atomic E-state index is 0.486. The van der Waals surface area contributed by atoms with Crippen LogP contribution < -0.4 is 14.7 Å². The molecule has 2 aromatic rings. The molecule has 7 nitrogen and oxygen atoms in total. The highest BCUT2D eigenvalue weighted by Gasteiger charge is 2.18. The third kappa shape index (κ3) is 4.18. The van der Waals surface area contributed by atoms with Gasteiger partial charge in [-0.1, -0.05) is 0 Å². The van der Waals surface area contributed by atoms with Crippen LogP contribution in [0.2, 0.25) is 0 Å². The minimum atomic E-state index is -0.489. The maximum Gasteiger partial charge on any atom is 0.352 e. The average molecular weight is 338 g/mol. The van der Waals surface area contributed by atoms with E-state index in [0.717, 1.165) is 37.7 Å². The molecule has 0 atom stereocenters. The highest BCUT2D eigenvalue weighted by molar-refractivity contribution is 5.65. The number of nitriles is 1. The number of carbonyl (C=O) groups is 1. The highest BCUT2D eigenvalue weighted by atomic mass is 17.2. The van der Waals surface area contributed by atoms with Gasteiger partial charge in [-0.15, -0.1) is 0 Å². The first-order chi connectivity index (χ1) is 12.2. The highest BCUT2D eigenvalue weighted by Crippen LogP contribution is 2.22. The van der Waals surface area contributed by atoms with Crippen LogP contribution in [-0.4, -0.2) is 37.1 Å². The fourth-order valence-electron chi connectivity index (χ4n) is 2.65. The van der Waals surface area contributed by atoms with Crippen molar-refractivity contribution < 1.29 is 14.6 Å². The monoisotopic (exact) mass is 338 g/mol. The Bertz CT molecular complexity index is 760. The van der Waals surface area contributed by atoms with E-state index in [1.54, 1.807) is 24.4 Å². The van der Waals surface area contributed by atoms with Gasteiger partial charge in [0.05, 0.1) is 5.56 Å². The largest absolute Gasteiger partial charge is 0.368 e. The topological polar surface area (TPSA) is 78.7 Å². The molecule has 7 heteroatoms. The molecular weight excluding hydrogens is 320 g/mol. The molecule has 1 saturated heterocycles. The standard InChI is InChI=1S/C18H18N4O3/c1-14(23)24-25-17-5-3-16(4-6-17)21-8-10-22(11-9-21)18-7-2-15(12-19)13-20-18/h2-7,13H,8-11H2,1H3. The number of aromatic nitrogens is 1. The Kier molecular flexibility index (Phi) is 5.00. The molecular formula is C18H18N4O3. The summed E-state index contributed by atoms with van der Waals surface area (Å²) >= 11 is 0. The van der Waals surface area contributed by atoms with E-state index in [9.17, 15) is 4.79 Å². The third-order valence-corrected chi connectivity index (χ3v) is 3.94. The molecule has 3 rings (SSSR count). The van der Waals surface area contributed by atoms with Gasteiger partial charge in [0.2, 0.25) is 0 Å². The quantitative estimate of drug-likeness (QED) is 0.624. The van der Waals surface area contributed by atoms with E-state index < -0.39 is 5.97 Å². The second-order valence-electron chi connectivity index (χ2n) is 5.64. The number of benzene rings is 1. The van der Waals surface area contributed by atoms with Crippen LogP contribution in [0, 0.1) is 11.3 Å². The zero-order valence-electron chi connectivity index (χ0n) is 13.9. The normalized spacial score (nSPS) is 13.9. The molecule has 0 aliphatic carbocycles. The van der Waals surface area contributed by atoms with Gasteiger partial charge in [-0.2, -0.15) is 5.26 Å². The first-order valence-electron chi connectivity index (χ1n) is 7.97. The van der Waals surface area contributed by atoms with Gasteiger partial charge in [-0.05, 0) is 36.4 Å². The SMILES string of the molecule is CC(=O)OOc1ccc(N2CCN(c3ccc(C#N)cn3)CC2)cc1. The average Bonchev–Trinajstić information content (AvgIpc) is 2.67. The summed E-state index contributed by atoms with van der Waals surface area (Å²) in [5, 5.41) is 8.84. The molecule has 1 fully saturated rings. The van der Waals surface area contributed by atoms with Crippen LogP contribution in [-0.2, 0) is 9.68 Å². The summed E-state index contributed by atoms with van der Waals surface area (Å²) in [4.78, 5) is 29.0. The van der Waals surface area contributed by atoms with E-state index in [1.807, 2.05) is 18.2 Å². The van der Waals surface area contributed by atoms with E-state index in [-0.39, 0.29) is 0 Å². The van der Waals surface area contributed by atoms with Crippen LogP contribution in [0.4, 0.5) is 11.5 Å². The van der Waals surface area contributed by atoms with Gasteiger partial charge in [0.1, 0.15) is 11.9 Å². The van der Waals surface area contributed by atoms with Crippen molar-refractivity contribution in [1.29, 1.82) is 5.26 Å². The Morgan fingerprint density at radius 3 is 2.32 bits per heavy atom.